The van der Waals surface area contributed by atoms with Gasteiger partial charge in [0.2, 0.25) is 0 Å². The Bertz CT molecular complexity index is 823. The first kappa shape index (κ1) is 14.8. The summed E-state index contributed by atoms with van der Waals surface area (Å²) in [5.74, 6) is -1.17. The van der Waals surface area contributed by atoms with Crippen LogP contribution in [0, 0.1) is 6.92 Å². The van der Waals surface area contributed by atoms with E-state index in [9.17, 15) is 14.4 Å². The Morgan fingerprint density at radius 1 is 1.26 bits per heavy atom. The predicted octanol–water partition coefficient (Wildman–Crippen LogP) is 1.61. The SMILES string of the molecule is COC(=O)c1[nH]c(C)cc1NC(=O)c1ccc2c(c1)C(=O)NC2. The maximum absolute atomic E-state index is 12.4. The minimum Gasteiger partial charge on any atom is -0.464 e. The van der Waals surface area contributed by atoms with Crippen LogP contribution in [0.25, 0.3) is 0 Å². The van der Waals surface area contributed by atoms with Gasteiger partial charge in [-0.2, -0.15) is 0 Å². The number of esters is 1. The van der Waals surface area contributed by atoms with Gasteiger partial charge in [-0.05, 0) is 30.7 Å². The number of nitrogens with one attached hydrogen (secondary N) is 3. The number of fused-ring (bicyclic) bond motifs is 1. The Kier molecular flexibility index (Phi) is 3.61. The number of benzene rings is 1. The second-order valence-corrected chi connectivity index (χ2v) is 5.24. The molecule has 0 aliphatic carbocycles. The number of amides is 2. The quantitative estimate of drug-likeness (QED) is 0.749. The van der Waals surface area contributed by atoms with Crippen LogP contribution in [0.1, 0.15) is 42.5 Å². The number of methoxy groups -OCH3 is 1. The summed E-state index contributed by atoms with van der Waals surface area (Å²) < 4.78 is 4.68. The predicted molar refractivity (Wildman–Crippen MR) is 82.4 cm³/mol. The zero-order chi connectivity index (χ0) is 16.6. The summed E-state index contributed by atoms with van der Waals surface area (Å²) in [6.07, 6.45) is 0. The Hall–Kier alpha value is -3.09. The standard InChI is InChI=1S/C16H15N3O4/c1-8-5-12(13(18-8)16(22)23-2)19-14(20)9-3-4-10-7-17-15(21)11(10)6-9/h3-6,18H,7H2,1-2H3,(H,17,21)(H,19,20). The van der Waals surface area contributed by atoms with Crippen LogP contribution < -0.4 is 10.6 Å². The largest absolute Gasteiger partial charge is 0.464 e. The fourth-order valence-electron chi connectivity index (χ4n) is 2.50. The van der Waals surface area contributed by atoms with Crippen LogP contribution in [0.5, 0.6) is 0 Å². The van der Waals surface area contributed by atoms with Crippen LogP contribution in [-0.2, 0) is 11.3 Å². The fraction of sp³-hybridized carbons (Fsp3) is 0.188. The highest BCUT2D eigenvalue weighted by molar-refractivity contribution is 6.09. The van der Waals surface area contributed by atoms with Gasteiger partial charge in [0.25, 0.3) is 11.8 Å². The molecule has 1 aliphatic heterocycles. The van der Waals surface area contributed by atoms with Crippen molar-refractivity contribution in [2.75, 3.05) is 12.4 Å². The van der Waals surface area contributed by atoms with Gasteiger partial charge in [-0.1, -0.05) is 6.07 Å². The van der Waals surface area contributed by atoms with Crippen molar-refractivity contribution in [2.24, 2.45) is 0 Å². The lowest BCUT2D eigenvalue weighted by Gasteiger charge is -2.06. The molecule has 0 bridgehead atoms. The summed E-state index contributed by atoms with van der Waals surface area (Å²) in [5.41, 5.74) is 2.93. The molecule has 7 nitrogen and oxygen atoms in total. The van der Waals surface area contributed by atoms with Crippen LogP contribution in [0.4, 0.5) is 5.69 Å². The van der Waals surface area contributed by atoms with Gasteiger partial charge < -0.3 is 20.4 Å². The molecule has 1 aromatic carbocycles. The normalized spacial score (nSPS) is 12.5. The monoisotopic (exact) mass is 313 g/mol. The third-order valence-electron chi connectivity index (χ3n) is 3.65. The molecular weight excluding hydrogens is 298 g/mol. The summed E-state index contributed by atoms with van der Waals surface area (Å²) in [6, 6.07) is 6.58. The third kappa shape index (κ3) is 2.68. The van der Waals surface area contributed by atoms with E-state index in [-0.39, 0.29) is 11.6 Å². The van der Waals surface area contributed by atoms with Crippen LogP contribution in [0.2, 0.25) is 0 Å². The molecule has 2 amide bonds. The number of aromatic nitrogens is 1. The van der Waals surface area contributed by atoms with Crippen LogP contribution in [0.3, 0.4) is 0 Å². The highest BCUT2D eigenvalue weighted by Crippen LogP contribution is 2.21. The van der Waals surface area contributed by atoms with Crippen molar-refractivity contribution >= 4 is 23.5 Å². The zero-order valence-corrected chi connectivity index (χ0v) is 12.6. The Balaban J connectivity index is 1.87. The van der Waals surface area contributed by atoms with E-state index in [1.807, 2.05) is 0 Å². The van der Waals surface area contributed by atoms with Crippen molar-refractivity contribution in [1.82, 2.24) is 10.3 Å². The second kappa shape index (κ2) is 5.60. The summed E-state index contributed by atoms with van der Waals surface area (Å²) in [6.45, 7) is 2.24. The van der Waals surface area contributed by atoms with Gasteiger partial charge in [0.15, 0.2) is 0 Å². The molecule has 0 saturated carbocycles. The average molecular weight is 313 g/mol. The van der Waals surface area contributed by atoms with E-state index in [2.05, 4.69) is 20.4 Å². The fourth-order valence-corrected chi connectivity index (χ4v) is 2.50. The number of aryl methyl sites for hydroxylation is 1. The molecule has 0 radical (unpaired) electrons. The number of hydrogen-bond donors (Lipinski definition) is 3. The van der Waals surface area contributed by atoms with Crippen LogP contribution in [0.15, 0.2) is 24.3 Å². The smallest absolute Gasteiger partial charge is 0.356 e. The maximum Gasteiger partial charge on any atom is 0.356 e. The number of carbonyl (C=O) groups excluding carboxylic acids is 3. The third-order valence-corrected chi connectivity index (χ3v) is 3.65. The van der Waals surface area contributed by atoms with E-state index >= 15 is 0 Å². The number of rotatable bonds is 3. The molecule has 23 heavy (non-hydrogen) atoms. The molecule has 0 saturated heterocycles. The van der Waals surface area contributed by atoms with Gasteiger partial charge in [0.05, 0.1) is 12.8 Å². The van der Waals surface area contributed by atoms with Crippen molar-refractivity contribution in [3.05, 3.63) is 52.3 Å². The lowest BCUT2D eigenvalue weighted by molar-refractivity contribution is 0.0595. The first-order valence-corrected chi connectivity index (χ1v) is 7.00. The molecule has 1 aromatic heterocycles. The van der Waals surface area contributed by atoms with E-state index in [1.165, 1.54) is 7.11 Å². The minimum atomic E-state index is -0.568. The van der Waals surface area contributed by atoms with Gasteiger partial charge in [-0.25, -0.2) is 4.79 Å². The second-order valence-electron chi connectivity index (χ2n) is 5.24. The van der Waals surface area contributed by atoms with E-state index in [1.54, 1.807) is 31.2 Å². The number of ether oxygens (including phenoxy) is 1. The number of hydrogen-bond acceptors (Lipinski definition) is 4. The van der Waals surface area contributed by atoms with Gasteiger partial charge >= 0.3 is 5.97 Å². The van der Waals surface area contributed by atoms with E-state index in [4.69, 9.17) is 0 Å². The first-order valence-electron chi connectivity index (χ1n) is 7.00. The van der Waals surface area contributed by atoms with Gasteiger partial charge in [0.1, 0.15) is 5.69 Å². The molecule has 7 heteroatoms. The molecule has 0 atom stereocenters. The van der Waals surface area contributed by atoms with Crippen LogP contribution >= 0.6 is 0 Å². The first-order chi connectivity index (χ1) is 11.0. The lowest BCUT2D eigenvalue weighted by atomic mass is 10.1. The van der Waals surface area contributed by atoms with E-state index in [0.717, 1.165) is 5.56 Å². The molecular formula is C16H15N3O4. The Morgan fingerprint density at radius 2 is 2.04 bits per heavy atom. The zero-order valence-electron chi connectivity index (χ0n) is 12.6. The summed E-state index contributed by atoms with van der Waals surface area (Å²) >= 11 is 0. The maximum atomic E-state index is 12.4. The highest BCUT2D eigenvalue weighted by Gasteiger charge is 2.22. The number of anilines is 1. The molecule has 0 spiro atoms. The Morgan fingerprint density at radius 3 is 2.78 bits per heavy atom. The van der Waals surface area contributed by atoms with Crippen molar-refractivity contribution in [1.29, 1.82) is 0 Å². The van der Waals surface area contributed by atoms with E-state index in [0.29, 0.717) is 29.1 Å². The van der Waals surface area contributed by atoms with Crippen molar-refractivity contribution in [2.45, 2.75) is 13.5 Å². The van der Waals surface area contributed by atoms with Gasteiger partial charge in [-0.3, -0.25) is 9.59 Å². The van der Waals surface area contributed by atoms with Gasteiger partial charge in [0, 0.05) is 23.4 Å². The molecule has 0 unspecified atom stereocenters. The number of aromatic amines is 1. The highest BCUT2D eigenvalue weighted by atomic mass is 16.5. The molecule has 3 rings (SSSR count). The van der Waals surface area contributed by atoms with Crippen molar-refractivity contribution < 1.29 is 19.1 Å². The molecule has 118 valence electrons. The van der Waals surface area contributed by atoms with E-state index < -0.39 is 11.9 Å². The molecule has 2 heterocycles. The molecule has 1 aliphatic rings. The number of carbonyl (C=O) groups is 3. The number of H-pyrrole nitrogens is 1. The molecule has 3 N–H and O–H groups in total. The molecule has 2 aromatic rings. The van der Waals surface area contributed by atoms with Crippen molar-refractivity contribution in [3.63, 3.8) is 0 Å². The van der Waals surface area contributed by atoms with Crippen molar-refractivity contribution in [3.8, 4) is 0 Å². The lowest BCUT2D eigenvalue weighted by Crippen LogP contribution is -2.16. The average Bonchev–Trinajstić information content (AvgIpc) is 3.09. The summed E-state index contributed by atoms with van der Waals surface area (Å²) in [5, 5.41) is 5.37. The molecule has 0 fully saturated rings. The summed E-state index contributed by atoms with van der Waals surface area (Å²) in [7, 11) is 1.27. The van der Waals surface area contributed by atoms with Gasteiger partial charge in [-0.15, -0.1) is 0 Å². The minimum absolute atomic E-state index is 0.178. The topological polar surface area (TPSA) is 100 Å². The Labute approximate surface area is 132 Å². The van der Waals surface area contributed by atoms with Crippen LogP contribution in [-0.4, -0.2) is 29.9 Å². The summed E-state index contributed by atoms with van der Waals surface area (Å²) in [4.78, 5) is 38.6.